The molecular weight excluding hydrogens is 363 g/mol. The Labute approximate surface area is 162 Å². The number of aliphatic carboxylic acids is 1. The molecule has 3 N–H and O–H groups in total. The Hall–Kier alpha value is -2.51. The lowest BCUT2D eigenvalue weighted by atomic mass is 9.72. The molecule has 1 aromatic carbocycles. The summed E-state index contributed by atoms with van der Waals surface area (Å²) in [7, 11) is 0. The summed E-state index contributed by atoms with van der Waals surface area (Å²) in [4.78, 5) is 29.5. The molecule has 7 heteroatoms. The van der Waals surface area contributed by atoms with Crippen LogP contribution in [-0.2, 0) is 17.8 Å². The van der Waals surface area contributed by atoms with Crippen LogP contribution in [0.1, 0.15) is 28.8 Å². The monoisotopic (exact) mass is 388 g/mol. The molecule has 1 aliphatic rings. The predicted molar refractivity (Wildman–Crippen MR) is 103 cm³/mol. The zero-order valence-electron chi connectivity index (χ0n) is 16.0. The molecule has 1 aromatic heterocycles. The maximum absolute atomic E-state index is 13.2. The average Bonchev–Trinajstić information content (AvgIpc) is 2.66. The van der Waals surface area contributed by atoms with Crippen LogP contribution in [0.2, 0.25) is 0 Å². The van der Waals surface area contributed by atoms with Gasteiger partial charge in [-0.25, -0.2) is 4.39 Å². The number of halogens is 1. The molecule has 28 heavy (non-hydrogen) atoms. The fraction of sp³-hybridized carbons (Fsp3) is 0.429. The molecule has 6 nitrogen and oxygen atoms in total. The third-order valence-corrected chi connectivity index (χ3v) is 5.72. The van der Waals surface area contributed by atoms with Crippen molar-refractivity contribution >= 4 is 5.97 Å². The number of pyridine rings is 1. The van der Waals surface area contributed by atoms with E-state index in [1.807, 2.05) is 4.90 Å². The normalized spacial score (nSPS) is 22.9. The van der Waals surface area contributed by atoms with Gasteiger partial charge in [0.05, 0.1) is 6.10 Å². The van der Waals surface area contributed by atoms with Crippen LogP contribution in [0.3, 0.4) is 0 Å². The van der Waals surface area contributed by atoms with Crippen molar-refractivity contribution in [1.29, 1.82) is 0 Å². The second kappa shape index (κ2) is 7.85. The van der Waals surface area contributed by atoms with E-state index in [1.54, 1.807) is 32.2 Å². The number of carboxylic acids is 1. The van der Waals surface area contributed by atoms with Crippen molar-refractivity contribution in [3.8, 4) is 0 Å². The molecule has 0 amide bonds. The molecular formula is C21H25FN2O4. The number of carbonyl (C=O) groups is 1. The number of aliphatic hydroxyl groups is 1. The topological polar surface area (TPSA) is 93.6 Å². The summed E-state index contributed by atoms with van der Waals surface area (Å²) >= 11 is 0. The molecule has 0 saturated carbocycles. The van der Waals surface area contributed by atoms with Gasteiger partial charge in [-0.15, -0.1) is 0 Å². The number of nitrogens with zero attached hydrogens (tertiary/aromatic N) is 1. The Balaban J connectivity index is 1.86. The van der Waals surface area contributed by atoms with Crippen molar-refractivity contribution in [2.24, 2.45) is 5.41 Å². The second-order valence-corrected chi connectivity index (χ2v) is 7.68. The van der Waals surface area contributed by atoms with Crippen LogP contribution in [-0.4, -0.2) is 45.3 Å². The van der Waals surface area contributed by atoms with Crippen molar-refractivity contribution in [2.75, 3.05) is 13.1 Å². The summed E-state index contributed by atoms with van der Waals surface area (Å²) < 4.78 is 13.2. The van der Waals surface area contributed by atoms with E-state index < -0.39 is 23.3 Å². The Morgan fingerprint density at radius 3 is 2.64 bits per heavy atom. The van der Waals surface area contributed by atoms with Gasteiger partial charge in [0.15, 0.2) is 5.43 Å². The van der Waals surface area contributed by atoms with Gasteiger partial charge < -0.3 is 15.2 Å². The van der Waals surface area contributed by atoms with E-state index >= 15 is 0 Å². The van der Waals surface area contributed by atoms with Crippen molar-refractivity contribution in [3.05, 3.63) is 68.9 Å². The molecule has 0 bridgehead atoms. The molecule has 2 aromatic rings. The number of benzene rings is 1. The summed E-state index contributed by atoms with van der Waals surface area (Å²) in [6.45, 7) is 4.55. The highest BCUT2D eigenvalue weighted by Crippen LogP contribution is 2.35. The Morgan fingerprint density at radius 1 is 1.32 bits per heavy atom. The highest BCUT2D eigenvalue weighted by molar-refractivity contribution is 5.76. The smallest absolute Gasteiger partial charge is 0.313 e. The van der Waals surface area contributed by atoms with E-state index in [0.29, 0.717) is 36.2 Å². The van der Waals surface area contributed by atoms with Crippen molar-refractivity contribution in [2.45, 2.75) is 39.3 Å². The lowest BCUT2D eigenvalue weighted by molar-refractivity contribution is -0.163. The highest BCUT2D eigenvalue weighted by atomic mass is 19.1. The van der Waals surface area contributed by atoms with Gasteiger partial charge in [0, 0.05) is 42.7 Å². The molecule has 2 atom stereocenters. The maximum atomic E-state index is 13.2. The van der Waals surface area contributed by atoms with Gasteiger partial charge in [-0.3, -0.25) is 14.5 Å². The fourth-order valence-electron chi connectivity index (χ4n) is 3.92. The van der Waals surface area contributed by atoms with Gasteiger partial charge >= 0.3 is 5.97 Å². The number of hydrogen-bond donors (Lipinski definition) is 3. The van der Waals surface area contributed by atoms with Gasteiger partial charge in [0.1, 0.15) is 11.2 Å². The van der Waals surface area contributed by atoms with E-state index in [9.17, 15) is 24.2 Å². The largest absolute Gasteiger partial charge is 0.481 e. The minimum atomic E-state index is -1.39. The Morgan fingerprint density at radius 2 is 2.00 bits per heavy atom. The third-order valence-electron chi connectivity index (χ3n) is 5.72. The number of aromatic amines is 1. The number of nitrogens with one attached hydrogen (secondary N) is 1. The van der Waals surface area contributed by atoms with E-state index in [4.69, 9.17) is 0 Å². The number of carboxylic acid groups (broad SMARTS) is 1. The van der Waals surface area contributed by atoms with Gasteiger partial charge in [-0.1, -0.05) is 12.1 Å². The summed E-state index contributed by atoms with van der Waals surface area (Å²) in [6.07, 6.45) is 1.06. The number of H-pyrrole nitrogens is 1. The molecule has 1 saturated heterocycles. The van der Waals surface area contributed by atoms with Crippen LogP contribution < -0.4 is 5.43 Å². The first-order chi connectivity index (χ1) is 13.2. The van der Waals surface area contributed by atoms with Gasteiger partial charge in [-0.05, 0) is 44.4 Å². The summed E-state index contributed by atoms with van der Waals surface area (Å²) in [6, 6.07) is 5.68. The fourth-order valence-corrected chi connectivity index (χ4v) is 3.92. The van der Waals surface area contributed by atoms with Crippen molar-refractivity contribution in [1.82, 2.24) is 9.88 Å². The first kappa shape index (κ1) is 20.2. The number of likely N-dealkylation sites (tertiary alicyclic amines) is 1. The molecule has 150 valence electrons. The van der Waals surface area contributed by atoms with Gasteiger partial charge in [0.25, 0.3) is 0 Å². The number of aryl methyl sites for hydroxylation is 1. The van der Waals surface area contributed by atoms with E-state index in [2.05, 4.69) is 4.98 Å². The number of aromatic nitrogens is 1. The van der Waals surface area contributed by atoms with Crippen LogP contribution in [0.15, 0.2) is 35.3 Å². The van der Waals surface area contributed by atoms with Crippen LogP contribution in [0.5, 0.6) is 0 Å². The maximum Gasteiger partial charge on any atom is 0.313 e. The summed E-state index contributed by atoms with van der Waals surface area (Å²) in [5.41, 5.74) is 1.23. The van der Waals surface area contributed by atoms with E-state index in [-0.39, 0.29) is 18.4 Å². The minimum Gasteiger partial charge on any atom is -0.481 e. The Kier molecular flexibility index (Phi) is 5.67. The number of hydrogen-bond acceptors (Lipinski definition) is 4. The van der Waals surface area contributed by atoms with Crippen LogP contribution in [0, 0.1) is 25.1 Å². The molecule has 1 aliphatic heterocycles. The molecule has 0 unspecified atom stereocenters. The zero-order valence-corrected chi connectivity index (χ0v) is 16.0. The zero-order chi connectivity index (χ0) is 20.5. The van der Waals surface area contributed by atoms with Crippen LogP contribution in [0.4, 0.5) is 4.39 Å². The third kappa shape index (κ3) is 3.86. The lowest BCUT2D eigenvalue weighted by Gasteiger charge is -2.43. The van der Waals surface area contributed by atoms with E-state index in [0.717, 1.165) is 5.69 Å². The van der Waals surface area contributed by atoms with Crippen molar-refractivity contribution in [3.63, 3.8) is 0 Å². The van der Waals surface area contributed by atoms with Crippen molar-refractivity contribution < 1.29 is 19.4 Å². The molecule has 1 fully saturated rings. The first-order valence-electron chi connectivity index (χ1n) is 9.29. The summed E-state index contributed by atoms with van der Waals surface area (Å²) in [5, 5.41) is 20.6. The molecule has 0 radical (unpaired) electrons. The van der Waals surface area contributed by atoms with E-state index in [1.165, 1.54) is 12.1 Å². The number of piperidine rings is 1. The van der Waals surface area contributed by atoms with Crippen LogP contribution >= 0.6 is 0 Å². The standard InChI is InChI=1S/C21H25FN2O4/c1-13-10-23-17(14(2)19(13)26)11-24-8-7-18(25)21(12-24,20(27)28)9-15-3-5-16(22)6-4-15/h3-6,10,18,25H,7-9,11-12H2,1-2H3,(H,23,26)(H,27,28)/t18-,21-/m1/s1. The average molecular weight is 388 g/mol. The number of aliphatic hydroxyl groups excluding tert-OH is 1. The molecule has 2 heterocycles. The van der Waals surface area contributed by atoms with Gasteiger partial charge in [0.2, 0.25) is 0 Å². The van der Waals surface area contributed by atoms with Crippen LogP contribution in [0.25, 0.3) is 0 Å². The molecule has 0 spiro atoms. The SMILES string of the molecule is Cc1c[nH]c(CN2CC[C@@H](O)[C@](Cc3ccc(F)cc3)(C(=O)O)C2)c(C)c1=O. The first-order valence-corrected chi connectivity index (χ1v) is 9.29. The quantitative estimate of drug-likeness (QED) is 0.729. The Bertz CT molecular complexity index is 925. The summed E-state index contributed by atoms with van der Waals surface area (Å²) in [5.74, 6) is -1.47. The van der Waals surface area contributed by atoms with Gasteiger partial charge in [-0.2, -0.15) is 0 Å². The predicted octanol–water partition coefficient (Wildman–Crippen LogP) is 2.01. The second-order valence-electron chi connectivity index (χ2n) is 7.68. The number of rotatable bonds is 5. The molecule has 3 rings (SSSR count). The lowest BCUT2D eigenvalue weighted by Crippen LogP contribution is -2.57. The molecule has 0 aliphatic carbocycles. The minimum absolute atomic E-state index is 0.0263. The highest BCUT2D eigenvalue weighted by Gasteiger charge is 2.49.